The smallest absolute Gasteiger partial charge is 0.187 e. The Morgan fingerprint density at radius 3 is 2.70 bits per heavy atom. The van der Waals surface area contributed by atoms with E-state index in [9.17, 15) is 13.6 Å². The van der Waals surface area contributed by atoms with Crippen molar-refractivity contribution in [2.75, 3.05) is 0 Å². The molecule has 5 rings (SSSR count). The molecule has 1 saturated carbocycles. The van der Waals surface area contributed by atoms with Gasteiger partial charge in [-0.05, 0) is 30.2 Å². The first-order valence-corrected chi connectivity index (χ1v) is 10.5. The van der Waals surface area contributed by atoms with Crippen LogP contribution in [0, 0.1) is 17.6 Å². The molecule has 0 amide bonds. The van der Waals surface area contributed by atoms with E-state index >= 15 is 0 Å². The molecule has 2 aromatic heterocycles. The van der Waals surface area contributed by atoms with Crippen LogP contribution < -0.4 is 0 Å². The van der Waals surface area contributed by atoms with Gasteiger partial charge in [-0.1, -0.05) is 43.7 Å². The molecule has 7 heteroatoms. The van der Waals surface area contributed by atoms with E-state index in [0.717, 1.165) is 37.8 Å². The lowest BCUT2D eigenvalue weighted by atomic mass is 9.85. The number of hydrogen-bond acceptors (Lipinski definition) is 3. The summed E-state index contributed by atoms with van der Waals surface area (Å²) in [6, 6.07) is 8.36. The summed E-state index contributed by atoms with van der Waals surface area (Å²) in [4.78, 5) is 13.1. The number of benzene rings is 2. The second kappa shape index (κ2) is 7.51. The van der Waals surface area contributed by atoms with E-state index < -0.39 is 11.6 Å². The van der Waals surface area contributed by atoms with Crippen molar-refractivity contribution in [2.45, 2.75) is 38.5 Å². The van der Waals surface area contributed by atoms with Crippen LogP contribution in [-0.2, 0) is 0 Å². The Morgan fingerprint density at radius 1 is 1.13 bits per heavy atom. The molecule has 0 spiro atoms. The third kappa shape index (κ3) is 3.29. The molecular formula is C23H19ClF2N2O2. The maximum atomic E-state index is 14.6. The van der Waals surface area contributed by atoms with Gasteiger partial charge in [0.05, 0.1) is 0 Å². The summed E-state index contributed by atoms with van der Waals surface area (Å²) in [6.07, 6.45) is 5.90. The fourth-order valence-electron chi connectivity index (χ4n) is 4.38. The molecule has 0 unspecified atom stereocenters. The number of halogens is 3. The highest BCUT2D eigenvalue weighted by Crippen LogP contribution is 2.36. The molecule has 0 aliphatic heterocycles. The molecule has 0 bridgehead atoms. The van der Waals surface area contributed by atoms with E-state index in [-0.39, 0.29) is 17.2 Å². The number of carbonyl (C=O) groups excluding carboxylic acids is 1. The molecule has 4 nitrogen and oxygen atoms in total. The number of hydrogen-bond donors (Lipinski definition) is 0. The van der Waals surface area contributed by atoms with Crippen molar-refractivity contribution in [2.24, 2.45) is 5.92 Å². The van der Waals surface area contributed by atoms with Gasteiger partial charge in [-0.25, -0.2) is 13.5 Å². The first kappa shape index (κ1) is 19.2. The zero-order valence-corrected chi connectivity index (χ0v) is 16.9. The summed E-state index contributed by atoms with van der Waals surface area (Å²) >= 11 is 6.09. The molecular weight excluding hydrogens is 410 g/mol. The van der Waals surface area contributed by atoms with Crippen molar-refractivity contribution in [3.63, 3.8) is 0 Å². The van der Waals surface area contributed by atoms with Crippen molar-refractivity contribution in [1.82, 2.24) is 9.78 Å². The zero-order chi connectivity index (χ0) is 20.8. The van der Waals surface area contributed by atoms with Crippen LogP contribution in [0.5, 0.6) is 0 Å². The van der Waals surface area contributed by atoms with Crippen LogP contribution in [0.25, 0.3) is 27.8 Å². The maximum absolute atomic E-state index is 14.6. The topological polar surface area (TPSA) is 48.0 Å². The van der Waals surface area contributed by atoms with Crippen molar-refractivity contribution < 1.29 is 18.0 Å². The molecule has 1 aliphatic rings. The Kier molecular flexibility index (Phi) is 4.82. The average Bonchev–Trinajstić information content (AvgIpc) is 3.25. The van der Waals surface area contributed by atoms with Gasteiger partial charge in [-0.3, -0.25) is 4.79 Å². The number of aromatic nitrogens is 2. The van der Waals surface area contributed by atoms with Gasteiger partial charge in [0.25, 0.3) is 0 Å². The second-order valence-electron chi connectivity index (χ2n) is 7.91. The number of fused-ring (bicyclic) bond motifs is 3. The summed E-state index contributed by atoms with van der Waals surface area (Å²) in [5, 5.41) is 5.57. The number of Topliss-reactive ketones (excluding diaryl/α,β-unsaturated/α-hetero) is 1. The lowest BCUT2D eigenvalue weighted by Crippen LogP contribution is -2.13. The Balaban J connectivity index is 1.69. The van der Waals surface area contributed by atoms with E-state index in [4.69, 9.17) is 16.0 Å². The minimum Gasteiger partial charge on any atom is -0.452 e. The molecule has 2 aromatic carbocycles. The molecule has 0 radical (unpaired) electrons. The minimum atomic E-state index is -0.769. The van der Waals surface area contributed by atoms with Crippen LogP contribution in [0.15, 0.2) is 40.8 Å². The van der Waals surface area contributed by atoms with Crippen molar-refractivity contribution in [3.05, 3.63) is 58.7 Å². The summed E-state index contributed by atoms with van der Waals surface area (Å²) in [5.41, 5.74) is 1.48. The van der Waals surface area contributed by atoms with E-state index in [1.165, 1.54) is 17.2 Å². The van der Waals surface area contributed by atoms with Gasteiger partial charge >= 0.3 is 0 Å². The molecule has 154 valence electrons. The van der Waals surface area contributed by atoms with Gasteiger partial charge in [-0.15, -0.1) is 0 Å². The first-order chi connectivity index (χ1) is 14.5. The number of rotatable bonds is 4. The highest BCUT2D eigenvalue weighted by Gasteiger charge is 2.27. The summed E-state index contributed by atoms with van der Waals surface area (Å²) in [6.45, 7) is 0. The van der Waals surface area contributed by atoms with E-state index in [0.29, 0.717) is 39.4 Å². The van der Waals surface area contributed by atoms with Gasteiger partial charge in [0, 0.05) is 29.0 Å². The molecule has 1 aliphatic carbocycles. The molecule has 1 fully saturated rings. The number of carbonyl (C=O) groups is 1. The summed E-state index contributed by atoms with van der Waals surface area (Å²) in [5.74, 6) is -1.25. The van der Waals surface area contributed by atoms with Gasteiger partial charge < -0.3 is 4.42 Å². The van der Waals surface area contributed by atoms with Gasteiger partial charge in [0.1, 0.15) is 22.6 Å². The highest BCUT2D eigenvalue weighted by atomic mass is 35.5. The lowest BCUT2D eigenvalue weighted by molar-refractivity contribution is 0.0945. The van der Waals surface area contributed by atoms with Crippen LogP contribution >= 0.6 is 11.6 Å². The lowest BCUT2D eigenvalue weighted by Gasteiger charge is -2.20. The van der Waals surface area contributed by atoms with Crippen LogP contribution in [0.3, 0.4) is 0 Å². The molecule has 30 heavy (non-hydrogen) atoms. The molecule has 0 atom stereocenters. The predicted molar refractivity (Wildman–Crippen MR) is 111 cm³/mol. The molecule has 0 saturated heterocycles. The van der Waals surface area contributed by atoms with E-state index in [2.05, 4.69) is 5.10 Å². The Labute approximate surface area is 176 Å². The quantitative estimate of drug-likeness (QED) is 0.334. The number of ketones is 1. The molecule has 2 heterocycles. The van der Waals surface area contributed by atoms with Gasteiger partial charge in [0.15, 0.2) is 22.9 Å². The van der Waals surface area contributed by atoms with Crippen molar-refractivity contribution >= 4 is 39.5 Å². The van der Waals surface area contributed by atoms with E-state index in [1.54, 1.807) is 18.2 Å². The highest BCUT2D eigenvalue weighted by molar-refractivity contribution is 6.31. The van der Waals surface area contributed by atoms with Gasteiger partial charge in [0.2, 0.25) is 0 Å². The zero-order valence-electron chi connectivity index (χ0n) is 16.1. The Morgan fingerprint density at radius 2 is 1.93 bits per heavy atom. The number of furan rings is 1. The largest absolute Gasteiger partial charge is 0.452 e. The van der Waals surface area contributed by atoms with Crippen LogP contribution in [0.4, 0.5) is 8.78 Å². The maximum Gasteiger partial charge on any atom is 0.187 e. The molecule has 0 N–H and O–H groups in total. The monoisotopic (exact) mass is 428 g/mol. The summed E-state index contributed by atoms with van der Waals surface area (Å²) < 4.78 is 35.3. The average molecular weight is 429 g/mol. The van der Waals surface area contributed by atoms with Crippen LogP contribution in [0.2, 0.25) is 5.02 Å². The summed E-state index contributed by atoms with van der Waals surface area (Å²) in [7, 11) is 0. The second-order valence-corrected chi connectivity index (χ2v) is 8.34. The van der Waals surface area contributed by atoms with E-state index in [1.807, 2.05) is 0 Å². The number of nitrogens with zero attached hydrogens (tertiary/aromatic N) is 2. The third-order valence-electron chi connectivity index (χ3n) is 5.85. The van der Waals surface area contributed by atoms with Crippen LogP contribution in [-0.4, -0.2) is 15.6 Å². The molecule has 4 aromatic rings. The van der Waals surface area contributed by atoms with Crippen LogP contribution in [0.1, 0.15) is 49.0 Å². The first-order valence-electron chi connectivity index (χ1n) is 10.1. The minimum absolute atomic E-state index is 0.0516. The van der Waals surface area contributed by atoms with Gasteiger partial charge in [-0.2, -0.15) is 5.10 Å². The fraction of sp³-hybridized carbons (Fsp3) is 0.304. The third-order valence-corrected chi connectivity index (χ3v) is 6.09. The fourth-order valence-corrected chi connectivity index (χ4v) is 4.55. The Hall–Kier alpha value is -2.73. The SMILES string of the molecule is O=C(CC1CCCCC1)c1nn(-c2ccc(F)cc2F)c2c1oc1cc(Cl)ccc12. The predicted octanol–water partition coefficient (Wildman–Crippen LogP) is 6.86. The van der Waals surface area contributed by atoms with Crippen molar-refractivity contribution in [1.29, 1.82) is 0 Å². The van der Waals surface area contributed by atoms with Crippen molar-refractivity contribution in [3.8, 4) is 5.69 Å². The normalized spacial score (nSPS) is 15.3. The standard InChI is InChI=1S/C23H19ClF2N2O2/c24-14-6-8-16-20(11-14)30-23-21(19(29)10-13-4-2-1-3-5-13)27-28(22(16)23)18-9-7-15(25)12-17(18)26/h6-9,11-13H,1-5,10H2. The Bertz CT molecular complexity index is 1270.